The number of hydrogen-bond donors (Lipinski definition) is 4. The first kappa shape index (κ1) is 14.8. The molecule has 0 atom stereocenters. The summed E-state index contributed by atoms with van der Waals surface area (Å²) in [7, 11) is 0. The maximum atomic E-state index is 11.1. The maximum absolute atomic E-state index is 11.1. The molecule has 4 N–H and O–H groups in total. The van der Waals surface area contributed by atoms with Crippen LogP contribution in [0.2, 0.25) is 0 Å². The van der Waals surface area contributed by atoms with Gasteiger partial charge in [-0.15, -0.1) is 5.11 Å². The van der Waals surface area contributed by atoms with Crippen LogP contribution in [0.25, 0.3) is 0 Å². The van der Waals surface area contributed by atoms with Crippen LogP contribution in [-0.4, -0.2) is 26.4 Å². The van der Waals surface area contributed by atoms with E-state index in [4.69, 9.17) is 10.4 Å². The Morgan fingerprint density at radius 3 is 2.23 bits per heavy atom. The van der Waals surface area contributed by atoms with E-state index in [1.807, 2.05) is 6.07 Å². The summed E-state index contributed by atoms with van der Waals surface area (Å²) in [4.78, 5) is 11.1. The molecule has 2 rings (SSSR count). The molecule has 0 heterocycles. The number of aromatic hydroxyl groups is 3. The van der Waals surface area contributed by atoms with Crippen molar-refractivity contribution in [2.45, 2.75) is 0 Å². The normalized spacial score (nSPS) is 10.5. The predicted molar refractivity (Wildman–Crippen MR) is 73.7 cm³/mol. The van der Waals surface area contributed by atoms with Crippen molar-refractivity contribution in [3.05, 3.63) is 41.5 Å². The quantitative estimate of drug-likeness (QED) is 0.506. The fraction of sp³-hybridized carbons (Fsp3) is 0. The van der Waals surface area contributed by atoms with Crippen LogP contribution in [0.1, 0.15) is 15.9 Å². The van der Waals surface area contributed by atoms with E-state index in [0.29, 0.717) is 11.3 Å². The van der Waals surface area contributed by atoms with E-state index >= 15 is 0 Å². The number of carboxylic acid groups (broad SMARTS) is 1. The summed E-state index contributed by atoms with van der Waals surface area (Å²) in [6.07, 6.45) is 0. The standard InChI is InChI=1S/C14H9N3O5/c15-6-7-1-3-8(4-2-7)16-17-11-9(14(21)22)5-10(18)12(19)13(11)20/h1-5,18-20H,(H,21,22). The van der Waals surface area contributed by atoms with E-state index in [2.05, 4.69) is 10.2 Å². The van der Waals surface area contributed by atoms with Gasteiger partial charge in [0.2, 0.25) is 5.75 Å². The lowest BCUT2D eigenvalue weighted by atomic mass is 10.1. The topological polar surface area (TPSA) is 146 Å². The number of rotatable bonds is 3. The number of benzene rings is 2. The molecular weight excluding hydrogens is 290 g/mol. The third kappa shape index (κ3) is 2.78. The third-order valence-corrected chi connectivity index (χ3v) is 2.72. The zero-order valence-corrected chi connectivity index (χ0v) is 10.9. The second-order valence-corrected chi connectivity index (χ2v) is 4.15. The molecule has 0 radical (unpaired) electrons. The summed E-state index contributed by atoms with van der Waals surface area (Å²) < 4.78 is 0. The number of azo groups is 1. The molecule has 110 valence electrons. The van der Waals surface area contributed by atoms with Crippen LogP contribution in [0.4, 0.5) is 11.4 Å². The largest absolute Gasteiger partial charge is 0.504 e. The highest BCUT2D eigenvalue weighted by Crippen LogP contribution is 2.45. The predicted octanol–water partition coefficient (Wildman–Crippen LogP) is 2.79. The Hall–Kier alpha value is -3.60. The number of carboxylic acids is 1. The molecule has 0 aromatic heterocycles. The first-order valence-electron chi connectivity index (χ1n) is 5.87. The summed E-state index contributed by atoms with van der Waals surface area (Å²) >= 11 is 0. The van der Waals surface area contributed by atoms with Crippen LogP contribution >= 0.6 is 0 Å². The summed E-state index contributed by atoms with van der Waals surface area (Å²) in [5.74, 6) is -4.03. The van der Waals surface area contributed by atoms with Crippen LogP contribution in [0.5, 0.6) is 17.2 Å². The zero-order valence-electron chi connectivity index (χ0n) is 10.9. The van der Waals surface area contributed by atoms with Crippen molar-refractivity contribution >= 4 is 17.3 Å². The summed E-state index contributed by atoms with van der Waals surface area (Å²) in [6, 6.07) is 8.60. The van der Waals surface area contributed by atoms with Crippen molar-refractivity contribution in [3.63, 3.8) is 0 Å². The van der Waals surface area contributed by atoms with E-state index in [1.165, 1.54) is 24.3 Å². The molecule has 0 saturated carbocycles. The Bertz CT molecular complexity index is 807. The number of hydrogen-bond acceptors (Lipinski definition) is 7. The lowest BCUT2D eigenvalue weighted by Gasteiger charge is -2.06. The van der Waals surface area contributed by atoms with E-state index in [0.717, 1.165) is 6.07 Å². The average molecular weight is 299 g/mol. The van der Waals surface area contributed by atoms with Crippen LogP contribution in [0.15, 0.2) is 40.6 Å². The van der Waals surface area contributed by atoms with Gasteiger partial charge >= 0.3 is 5.97 Å². The highest BCUT2D eigenvalue weighted by molar-refractivity contribution is 5.96. The maximum Gasteiger partial charge on any atom is 0.338 e. The molecule has 0 unspecified atom stereocenters. The third-order valence-electron chi connectivity index (χ3n) is 2.72. The highest BCUT2D eigenvalue weighted by Gasteiger charge is 2.21. The Kier molecular flexibility index (Phi) is 3.90. The average Bonchev–Trinajstić information content (AvgIpc) is 2.51. The van der Waals surface area contributed by atoms with E-state index in [9.17, 15) is 20.1 Å². The Morgan fingerprint density at radius 2 is 1.68 bits per heavy atom. The van der Waals surface area contributed by atoms with Crippen molar-refractivity contribution in [1.29, 1.82) is 5.26 Å². The van der Waals surface area contributed by atoms with Crippen molar-refractivity contribution in [1.82, 2.24) is 0 Å². The minimum Gasteiger partial charge on any atom is -0.504 e. The molecule has 0 aliphatic carbocycles. The summed E-state index contributed by atoms with van der Waals surface area (Å²) in [6.45, 7) is 0. The molecular formula is C14H9N3O5. The van der Waals surface area contributed by atoms with Gasteiger partial charge in [-0.3, -0.25) is 0 Å². The van der Waals surface area contributed by atoms with Gasteiger partial charge in [0.25, 0.3) is 0 Å². The zero-order chi connectivity index (χ0) is 16.3. The molecule has 0 fully saturated rings. The highest BCUT2D eigenvalue weighted by atomic mass is 16.4. The van der Waals surface area contributed by atoms with Crippen LogP contribution < -0.4 is 0 Å². The first-order valence-corrected chi connectivity index (χ1v) is 5.87. The number of carbonyl (C=O) groups is 1. The van der Waals surface area contributed by atoms with Gasteiger partial charge in [-0.25, -0.2) is 4.79 Å². The molecule has 0 spiro atoms. The molecule has 0 amide bonds. The molecule has 0 bridgehead atoms. The van der Waals surface area contributed by atoms with Gasteiger partial charge in [-0.1, -0.05) is 0 Å². The van der Waals surface area contributed by atoms with Crippen molar-refractivity contribution < 1.29 is 25.2 Å². The van der Waals surface area contributed by atoms with Crippen LogP contribution in [-0.2, 0) is 0 Å². The smallest absolute Gasteiger partial charge is 0.338 e. The Morgan fingerprint density at radius 1 is 1.05 bits per heavy atom. The number of phenolic OH excluding ortho intramolecular Hbond substituents is 3. The van der Waals surface area contributed by atoms with E-state index in [1.54, 1.807) is 0 Å². The second-order valence-electron chi connectivity index (χ2n) is 4.15. The molecule has 22 heavy (non-hydrogen) atoms. The summed E-state index contributed by atoms with van der Waals surface area (Å²) in [5, 5.41) is 53.5. The van der Waals surface area contributed by atoms with Gasteiger partial charge in [0.15, 0.2) is 11.5 Å². The second kappa shape index (κ2) is 5.80. The fourth-order valence-corrected chi connectivity index (χ4v) is 1.61. The summed E-state index contributed by atoms with van der Waals surface area (Å²) in [5.41, 5.74) is -0.296. The lowest BCUT2D eigenvalue weighted by Crippen LogP contribution is -1.96. The molecule has 0 saturated heterocycles. The first-order chi connectivity index (χ1) is 10.4. The van der Waals surface area contributed by atoms with Gasteiger partial charge in [0, 0.05) is 6.07 Å². The number of nitriles is 1. The Balaban J connectivity index is 2.47. The van der Waals surface area contributed by atoms with E-state index in [-0.39, 0.29) is 0 Å². The van der Waals surface area contributed by atoms with Crippen LogP contribution in [0.3, 0.4) is 0 Å². The minimum absolute atomic E-state index is 0.308. The SMILES string of the molecule is N#Cc1ccc(N=Nc2c(C(=O)O)cc(O)c(O)c2O)cc1. The lowest BCUT2D eigenvalue weighted by molar-refractivity contribution is 0.0697. The monoisotopic (exact) mass is 299 g/mol. The van der Waals surface area contributed by atoms with Crippen molar-refractivity contribution in [3.8, 4) is 23.3 Å². The fourth-order valence-electron chi connectivity index (χ4n) is 1.61. The van der Waals surface area contributed by atoms with Crippen molar-refractivity contribution in [2.75, 3.05) is 0 Å². The number of phenols is 3. The van der Waals surface area contributed by atoms with Gasteiger partial charge < -0.3 is 20.4 Å². The number of nitrogens with zero attached hydrogens (tertiary/aromatic N) is 3. The molecule has 0 aliphatic rings. The Labute approximate surface area is 123 Å². The molecule has 2 aromatic carbocycles. The molecule has 8 heteroatoms. The molecule has 8 nitrogen and oxygen atoms in total. The van der Waals surface area contributed by atoms with Crippen LogP contribution in [0, 0.1) is 11.3 Å². The number of aromatic carboxylic acids is 1. The van der Waals surface area contributed by atoms with Gasteiger partial charge in [-0.2, -0.15) is 10.4 Å². The van der Waals surface area contributed by atoms with E-state index < -0.39 is 34.5 Å². The van der Waals surface area contributed by atoms with Gasteiger partial charge in [0.1, 0.15) is 5.69 Å². The van der Waals surface area contributed by atoms with Gasteiger partial charge in [0.05, 0.1) is 22.9 Å². The van der Waals surface area contributed by atoms with Gasteiger partial charge in [-0.05, 0) is 24.3 Å². The molecule has 2 aromatic rings. The molecule has 0 aliphatic heterocycles. The van der Waals surface area contributed by atoms with Crippen molar-refractivity contribution in [2.24, 2.45) is 10.2 Å². The minimum atomic E-state index is -1.46.